The Bertz CT molecular complexity index is 2090. The van der Waals surface area contributed by atoms with E-state index in [0.717, 1.165) is 119 Å². The van der Waals surface area contributed by atoms with E-state index in [1.54, 1.807) is 0 Å². The molecule has 0 saturated carbocycles. The summed E-state index contributed by atoms with van der Waals surface area (Å²) in [6.07, 6.45) is 8.23. The van der Waals surface area contributed by atoms with Gasteiger partial charge in [0.15, 0.2) is 0 Å². The quantitative estimate of drug-likeness (QED) is 0.0620. The number of nitrogens with one attached hydrogen (secondary N) is 4. The van der Waals surface area contributed by atoms with E-state index in [1.807, 2.05) is 91.4 Å². The molecule has 0 aliphatic heterocycles. The highest BCUT2D eigenvalue weighted by atomic mass is 16.5. The number of rotatable bonds is 19. The molecule has 7 aromatic rings. The Kier molecular flexibility index (Phi) is 11.8. The van der Waals surface area contributed by atoms with Crippen LogP contribution < -0.4 is 30.7 Å². The van der Waals surface area contributed by atoms with E-state index in [2.05, 4.69) is 72.6 Å². The van der Waals surface area contributed by atoms with Crippen molar-refractivity contribution in [2.45, 2.75) is 25.8 Å². The molecule has 0 saturated heterocycles. The van der Waals surface area contributed by atoms with Gasteiger partial charge < -0.3 is 30.7 Å². The molecule has 0 bridgehead atoms. The molecule has 264 valence electrons. The summed E-state index contributed by atoms with van der Waals surface area (Å²) >= 11 is 0. The maximum Gasteiger partial charge on any atom is 0.123 e. The van der Waals surface area contributed by atoms with Crippen LogP contribution in [0.2, 0.25) is 0 Å². The van der Waals surface area contributed by atoms with Crippen LogP contribution in [0.4, 0.5) is 17.1 Å². The Morgan fingerprint density at radius 2 is 0.865 bits per heavy atom. The van der Waals surface area contributed by atoms with Crippen LogP contribution in [0.3, 0.4) is 0 Å². The van der Waals surface area contributed by atoms with Crippen LogP contribution in [0.15, 0.2) is 128 Å². The summed E-state index contributed by atoms with van der Waals surface area (Å²) in [5.41, 5.74) is 7.40. The zero-order chi connectivity index (χ0) is 35.2. The van der Waals surface area contributed by atoms with E-state index in [4.69, 9.17) is 9.47 Å². The molecular formula is C43H45N7O2. The first kappa shape index (κ1) is 34.5. The lowest BCUT2D eigenvalue weighted by atomic mass is 10.2. The molecule has 0 atom stereocenters. The van der Waals surface area contributed by atoms with Gasteiger partial charge >= 0.3 is 0 Å². The van der Waals surface area contributed by atoms with Crippen LogP contribution in [0.1, 0.15) is 24.8 Å². The summed E-state index contributed by atoms with van der Waals surface area (Å²) in [6, 6.07) is 36.9. The third-order valence-corrected chi connectivity index (χ3v) is 8.87. The molecule has 0 aliphatic rings. The lowest BCUT2D eigenvalue weighted by molar-refractivity contribution is 0.298. The number of hydrogen-bond donors (Lipinski definition) is 4. The van der Waals surface area contributed by atoms with Crippen LogP contribution in [0, 0.1) is 0 Å². The lowest BCUT2D eigenvalue weighted by Crippen LogP contribution is -2.18. The number of nitrogens with zero attached hydrogens (tertiary/aromatic N) is 3. The van der Waals surface area contributed by atoms with Gasteiger partial charge in [0.1, 0.15) is 11.5 Å². The lowest BCUT2D eigenvalue weighted by Gasteiger charge is -2.14. The number of hydrogen-bond acceptors (Lipinski definition) is 9. The van der Waals surface area contributed by atoms with Crippen molar-refractivity contribution < 1.29 is 9.47 Å². The predicted octanol–water partition coefficient (Wildman–Crippen LogP) is 8.69. The van der Waals surface area contributed by atoms with Crippen molar-refractivity contribution in [3.8, 4) is 11.5 Å². The molecule has 7 rings (SSSR count). The minimum absolute atomic E-state index is 0.589. The van der Waals surface area contributed by atoms with Gasteiger partial charge in [0.2, 0.25) is 0 Å². The minimum Gasteiger partial charge on any atom is -0.493 e. The summed E-state index contributed by atoms with van der Waals surface area (Å²) < 4.78 is 12.5. The number of ether oxygens (including phenoxy) is 2. The molecule has 0 aliphatic carbocycles. The highest BCUT2D eigenvalue weighted by molar-refractivity contribution is 5.92. The fourth-order valence-corrected chi connectivity index (χ4v) is 6.29. The van der Waals surface area contributed by atoms with Gasteiger partial charge in [-0.1, -0.05) is 54.6 Å². The second kappa shape index (κ2) is 17.8. The Labute approximate surface area is 304 Å². The van der Waals surface area contributed by atoms with E-state index in [1.165, 1.54) is 0 Å². The monoisotopic (exact) mass is 691 g/mol. The maximum atomic E-state index is 6.27. The van der Waals surface area contributed by atoms with E-state index in [9.17, 15) is 0 Å². The molecular weight excluding hydrogens is 647 g/mol. The standard InChI is InChI=1S/C43H45N7O2/c1-4-13-38-35(10-1)41(16-23-48-38)45-20-7-19-44-31-32-28-33(51-26-8-21-46-42-17-24-49-39-14-5-2-11-36(39)42)30-34(29-32)52-27-9-22-47-43-18-25-50-40-15-6-3-12-37(40)43/h1-6,10-18,23-25,28-30,44H,7-9,19-22,26-27,31H2,(H,45,48)(H,46,49)(H,47,50). The van der Waals surface area contributed by atoms with Crippen molar-refractivity contribution in [1.29, 1.82) is 0 Å². The van der Waals surface area contributed by atoms with E-state index in [-0.39, 0.29) is 0 Å². The van der Waals surface area contributed by atoms with Gasteiger partial charge in [-0.05, 0) is 79.9 Å². The fraction of sp³-hybridized carbons (Fsp3) is 0.233. The maximum absolute atomic E-state index is 6.27. The molecule has 9 heteroatoms. The summed E-state index contributed by atoms with van der Waals surface area (Å²) in [5.74, 6) is 1.63. The largest absolute Gasteiger partial charge is 0.493 e. The van der Waals surface area contributed by atoms with Gasteiger partial charge in [-0.15, -0.1) is 0 Å². The average Bonchev–Trinajstić information content (AvgIpc) is 3.19. The number of benzene rings is 4. The minimum atomic E-state index is 0.589. The molecule has 0 fully saturated rings. The summed E-state index contributed by atoms with van der Waals surface area (Å²) in [6.45, 7) is 5.23. The van der Waals surface area contributed by atoms with E-state index >= 15 is 0 Å². The Balaban J connectivity index is 0.904. The van der Waals surface area contributed by atoms with Crippen molar-refractivity contribution in [1.82, 2.24) is 20.3 Å². The molecule has 3 aromatic heterocycles. The first-order valence-corrected chi connectivity index (χ1v) is 18.1. The highest BCUT2D eigenvalue weighted by Crippen LogP contribution is 2.25. The van der Waals surface area contributed by atoms with Gasteiger partial charge in [-0.2, -0.15) is 0 Å². The van der Waals surface area contributed by atoms with E-state index < -0.39 is 0 Å². The number of para-hydroxylation sites is 3. The predicted molar refractivity (Wildman–Crippen MR) is 214 cm³/mol. The van der Waals surface area contributed by atoms with Crippen molar-refractivity contribution >= 4 is 49.8 Å². The van der Waals surface area contributed by atoms with Crippen molar-refractivity contribution in [3.63, 3.8) is 0 Å². The normalized spacial score (nSPS) is 11.2. The van der Waals surface area contributed by atoms with Crippen molar-refractivity contribution in [2.24, 2.45) is 0 Å². The molecule has 4 aromatic carbocycles. The van der Waals surface area contributed by atoms with Crippen molar-refractivity contribution in [3.05, 3.63) is 133 Å². The third-order valence-electron chi connectivity index (χ3n) is 8.87. The van der Waals surface area contributed by atoms with Crippen LogP contribution >= 0.6 is 0 Å². The molecule has 0 radical (unpaired) electrons. The van der Waals surface area contributed by atoms with Gasteiger partial charge in [-0.3, -0.25) is 15.0 Å². The molecule has 0 amide bonds. The molecule has 4 N–H and O–H groups in total. The summed E-state index contributed by atoms with van der Waals surface area (Å²) in [7, 11) is 0. The summed E-state index contributed by atoms with van der Waals surface area (Å²) in [5, 5.41) is 17.7. The zero-order valence-electron chi connectivity index (χ0n) is 29.4. The van der Waals surface area contributed by atoms with Crippen LogP contribution in [-0.2, 0) is 6.54 Å². The van der Waals surface area contributed by atoms with Gasteiger partial charge in [-0.25, -0.2) is 0 Å². The second-order valence-corrected chi connectivity index (χ2v) is 12.7. The van der Waals surface area contributed by atoms with Gasteiger partial charge in [0, 0.05) is 84.1 Å². The molecule has 3 heterocycles. The first-order chi connectivity index (χ1) is 25.8. The smallest absolute Gasteiger partial charge is 0.123 e. The van der Waals surface area contributed by atoms with E-state index in [0.29, 0.717) is 13.2 Å². The molecule has 52 heavy (non-hydrogen) atoms. The van der Waals surface area contributed by atoms with Crippen LogP contribution in [-0.4, -0.2) is 54.3 Å². The number of anilines is 3. The average molecular weight is 692 g/mol. The van der Waals surface area contributed by atoms with Gasteiger partial charge in [0.05, 0.1) is 29.8 Å². The first-order valence-electron chi connectivity index (χ1n) is 18.1. The fourth-order valence-electron chi connectivity index (χ4n) is 6.29. The zero-order valence-corrected chi connectivity index (χ0v) is 29.4. The van der Waals surface area contributed by atoms with Crippen LogP contribution in [0.25, 0.3) is 32.7 Å². The number of pyridine rings is 3. The molecule has 0 spiro atoms. The van der Waals surface area contributed by atoms with Crippen molar-refractivity contribution in [2.75, 3.05) is 55.3 Å². The Hall–Kier alpha value is -5.93. The van der Waals surface area contributed by atoms with Gasteiger partial charge in [0.25, 0.3) is 0 Å². The molecule has 0 unspecified atom stereocenters. The Morgan fingerprint density at radius 1 is 0.442 bits per heavy atom. The number of aromatic nitrogens is 3. The third kappa shape index (κ3) is 9.24. The topological polar surface area (TPSA) is 105 Å². The second-order valence-electron chi connectivity index (χ2n) is 12.7. The van der Waals surface area contributed by atoms with Crippen LogP contribution in [0.5, 0.6) is 11.5 Å². The Morgan fingerprint density at radius 3 is 1.33 bits per heavy atom. The summed E-state index contributed by atoms with van der Waals surface area (Å²) in [4.78, 5) is 13.4. The number of fused-ring (bicyclic) bond motifs is 3. The SMILES string of the molecule is c1ccc2c(NCCCNCc3cc(OCCCNc4ccnc5ccccc45)cc(OCCCNc4ccnc5ccccc45)c3)ccnc2c1. The molecule has 9 nitrogen and oxygen atoms in total. The highest BCUT2D eigenvalue weighted by Gasteiger charge is 2.07.